The predicted octanol–water partition coefficient (Wildman–Crippen LogP) is 7.11. The second-order valence-electron chi connectivity index (χ2n) is 7.17. The molecule has 0 amide bonds. The van der Waals surface area contributed by atoms with Crippen LogP contribution in [0.25, 0.3) is 0 Å². The van der Waals surface area contributed by atoms with E-state index in [1.807, 2.05) is 0 Å². The lowest BCUT2D eigenvalue weighted by Gasteiger charge is -2.00. The summed E-state index contributed by atoms with van der Waals surface area (Å²) in [4.78, 5) is 10.1. The van der Waals surface area contributed by atoms with Crippen LogP contribution in [0.15, 0.2) is 0 Å². The Kier molecular flexibility index (Phi) is 27.4. The summed E-state index contributed by atoms with van der Waals surface area (Å²) < 4.78 is 0. The van der Waals surface area contributed by atoms with Crippen LogP contribution in [0, 0.1) is 0 Å². The van der Waals surface area contributed by atoms with E-state index < -0.39 is 5.97 Å². The first-order chi connectivity index (χ1) is 12.2. The summed E-state index contributed by atoms with van der Waals surface area (Å²) in [6.07, 6.45) is 21.9. The van der Waals surface area contributed by atoms with Gasteiger partial charge in [0.05, 0.1) is 0 Å². The highest BCUT2D eigenvalue weighted by Crippen LogP contribution is 2.10. The third-order valence-corrected chi connectivity index (χ3v) is 4.51. The maximum absolute atomic E-state index is 10.1. The summed E-state index contributed by atoms with van der Waals surface area (Å²) in [6, 6.07) is 0. The molecule has 0 heterocycles. The standard InChI is InChI=1S/C12H26O.C10H20O2/c1-2-3-4-5-6-7-8-9-10-11-12-13;1-2-3-4-5-6-7-8-9-10(11)12/h13H,2-12H2,1H3;2-9H2,1H3,(H,11,12). The van der Waals surface area contributed by atoms with E-state index in [9.17, 15) is 4.79 Å². The minimum Gasteiger partial charge on any atom is -0.481 e. The van der Waals surface area contributed by atoms with Crippen molar-refractivity contribution in [2.24, 2.45) is 0 Å². The molecule has 0 aromatic rings. The number of aliphatic carboxylic acids is 1. The van der Waals surface area contributed by atoms with Crippen molar-refractivity contribution in [1.29, 1.82) is 0 Å². The van der Waals surface area contributed by atoms with Gasteiger partial charge in [-0.05, 0) is 12.8 Å². The summed E-state index contributed by atoms with van der Waals surface area (Å²) in [5.74, 6) is -0.663. The Bertz CT molecular complexity index is 231. The van der Waals surface area contributed by atoms with Gasteiger partial charge in [0.15, 0.2) is 0 Å². The molecular weight excluding hydrogens is 312 g/mol. The zero-order valence-corrected chi connectivity index (χ0v) is 17.2. The molecule has 3 heteroatoms. The number of hydrogen-bond acceptors (Lipinski definition) is 2. The molecule has 0 aromatic carbocycles. The molecule has 0 bridgehead atoms. The van der Waals surface area contributed by atoms with Crippen molar-refractivity contribution in [3.8, 4) is 0 Å². The van der Waals surface area contributed by atoms with E-state index >= 15 is 0 Å². The van der Waals surface area contributed by atoms with Gasteiger partial charge in [-0.1, -0.05) is 110 Å². The molecule has 0 saturated heterocycles. The third kappa shape index (κ3) is 31.7. The maximum Gasteiger partial charge on any atom is 0.303 e. The van der Waals surface area contributed by atoms with Gasteiger partial charge in [-0.2, -0.15) is 0 Å². The number of rotatable bonds is 18. The quantitative estimate of drug-likeness (QED) is 0.257. The van der Waals surface area contributed by atoms with Gasteiger partial charge in [0.25, 0.3) is 0 Å². The van der Waals surface area contributed by atoms with Gasteiger partial charge < -0.3 is 10.2 Å². The van der Waals surface area contributed by atoms with E-state index in [2.05, 4.69) is 13.8 Å². The second kappa shape index (κ2) is 25.7. The minimum absolute atomic E-state index is 0.341. The highest BCUT2D eigenvalue weighted by atomic mass is 16.4. The molecule has 0 atom stereocenters. The molecule has 25 heavy (non-hydrogen) atoms. The smallest absolute Gasteiger partial charge is 0.303 e. The van der Waals surface area contributed by atoms with Gasteiger partial charge in [0.2, 0.25) is 0 Å². The van der Waals surface area contributed by atoms with Gasteiger partial charge in [-0.15, -0.1) is 0 Å². The van der Waals surface area contributed by atoms with Crippen LogP contribution < -0.4 is 0 Å². The molecule has 0 aliphatic heterocycles. The lowest BCUT2D eigenvalue weighted by Crippen LogP contribution is -1.93. The molecule has 0 aromatic heterocycles. The van der Waals surface area contributed by atoms with Crippen LogP contribution in [0.3, 0.4) is 0 Å². The molecule has 0 aliphatic carbocycles. The SMILES string of the molecule is CCCCCCCCCC(=O)O.CCCCCCCCCCCCO. The minimum atomic E-state index is -0.663. The van der Waals surface area contributed by atoms with Crippen LogP contribution >= 0.6 is 0 Å². The van der Waals surface area contributed by atoms with Crippen molar-refractivity contribution in [1.82, 2.24) is 0 Å². The van der Waals surface area contributed by atoms with Crippen LogP contribution in [-0.2, 0) is 4.79 Å². The van der Waals surface area contributed by atoms with Crippen molar-refractivity contribution in [2.75, 3.05) is 6.61 Å². The molecule has 0 fully saturated rings. The van der Waals surface area contributed by atoms with E-state index in [1.165, 1.54) is 89.9 Å². The fourth-order valence-corrected chi connectivity index (χ4v) is 2.83. The molecule has 0 rings (SSSR count). The first kappa shape index (κ1) is 26.7. The zero-order valence-electron chi connectivity index (χ0n) is 17.2. The monoisotopic (exact) mass is 358 g/mol. The van der Waals surface area contributed by atoms with Crippen LogP contribution in [0.5, 0.6) is 0 Å². The van der Waals surface area contributed by atoms with Crippen molar-refractivity contribution in [3.05, 3.63) is 0 Å². The van der Waals surface area contributed by atoms with E-state index in [0.717, 1.165) is 19.3 Å². The van der Waals surface area contributed by atoms with Crippen molar-refractivity contribution >= 4 is 5.97 Å². The summed E-state index contributed by atoms with van der Waals surface area (Å²) in [7, 11) is 0. The highest BCUT2D eigenvalue weighted by molar-refractivity contribution is 5.66. The Labute approximate surface area is 157 Å². The summed E-state index contributed by atoms with van der Waals surface area (Å²) in [5, 5.41) is 16.9. The maximum atomic E-state index is 10.1. The average molecular weight is 359 g/mol. The van der Waals surface area contributed by atoms with E-state index in [-0.39, 0.29) is 0 Å². The van der Waals surface area contributed by atoms with E-state index in [1.54, 1.807) is 0 Å². The first-order valence-electron chi connectivity index (χ1n) is 11.0. The fourth-order valence-electron chi connectivity index (χ4n) is 2.83. The molecule has 0 aliphatic rings. The molecular formula is C22H46O3. The van der Waals surface area contributed by atoms with E-state index in [4.69, 9.17) is 10.2 Å². The lowest BCUT2D eigenvalue weighted by molar-refractivity contribution is -0.137. The average Bonchev–Trinajstić information content (AvgIpc) is 2.60. The zero-order chi connectivity index (χ0) is 19.0. The fraction of sp³-hybridized carbons (Fsp3) is 0.955. The number of hydrogen-bond donors (Lipinski definition) is 2. The third-order valence-electron chi connectivity index (χ3n) is 4.51. The van der Waals surface area contributed by atoms with Crippen LogP contribution in [0.1, 0.15) is 129 Å². The van der Waals surface area contributed by atoms with Crippen molar-refractivity contribution in [3.63, 3.8) is 0 Å². The molecule has 0 unspecified atom stereocenters. The Balaban J connectivity index is 0. The second-order valence-corrected chi connectivity index (χ2v) is 7.17. The number of unbranched alkanes of at least 4 members (excludes halogenated alkanes) is 15. The normalized spacial score (nSPS) is 10.4. The van der Waals surface area contributed by atoms with Gasteiger partial charge in [-0.3, -0.25) is 4.79 Å². The van der Waals surface area contributed by atoms with Crippen molar-refractivity contribution < 1.29 is 15.0 Å². The Morgan fingerprint density at radius 1 is 0.560 bits per heavy atom. The summed E-state index contributed by atoms with van der Waals surface area (Å²) in [6.45, 7) is 4.83. The molecule has 0 saturated carbocycles. The molecule has 152 valence electrons. The van der Waals surface area contributed by atoms with Crippen LogP contribution in [0.2, 0.25) is 0 Å². The van der Waals surface area contributed by atoms with Gasteiger partial charge in [0.1, 0.15) is 0 Å². The Morgan fingerprint density at radius 2 is 0.880 bits per heavy atom. The topological polar surface area (TPSA) is 57.5 Å². The molecule has 3 nitrogen and oxygen atoms in total. The molecule has 2 N–H and O–H groups in total. The molecule has 0 radical (unpaired) electrons. The number of carbonyl (C=O) groups is 1. The summed E-state index contributed by atoms with van der Waals surface area (Å²) in [5.41, 5.74) is 0. The van der Waals surface area contributed by atoms with Gasteiger partial charge >= 0.3 is 5.97 Å². The Hall–Kier alpha value is -0.570. The van der Waals surface area contributed by atoms with Crippen molar-refractivity contribution in [2.45, 2.75) is 129 Å². The lowest BCUT2D eigenvalue weighted by atomic mass is 10.1. The first-order valence-corrected chi connectivity index (χ1v) is 11.0. The van der Waals surface area contributed by atoms with E-state index in [0.29, 0.717) is 13.0 Å². The number of aliphatic hydroxyl groups is 1. The Morgan fingerprint density at radius 3 is 1.20 bits per heavy atom. The number of carboxylic acids is 1. The molecule has 0 spiro atoms. The van der Waals surface area contributed by atoms with Crippen LogP contribution in [0.4, 0.5) is 0 Å². The number of carboxylic acid groups (broad SMARTS) is 1. The number of aliphatic hydroxyl groups excluding tert-OH is 1. The van der Waals surface area contributed by atoms with Gasteiger partial charge in [0, 0.05) is 13.0 Å². The summed E-state index contributed by atoms with van der Waals surface area (Å²) >= 11 is 0. The van der Waals surface area contributed by atoms with Gasteiger partial charge in [-0.25, -0.2) is 0 Å². The van der Waals surface area contributed by atoms with Crippen LogP contribution in [-0.4, -0.2) is 22.8 Å². The predicted molar refractivity (Wildman–Crippen MR) is 109 cm³/mol. The highest BCUT2D eigenvalue weighted by Gasteiger charge is 1.95. The largest absolute Gasteiger partial charge is 0.481 e.